The van der Waals surface area contributed by atoms with Crippen LogP contribution in [0, 0.1) is 6.92 Å². The maximum atomic E-state index is 11.5. The van der Waals surface area contributed by atoms with Crippen LogP contribution in [0.5, 0.6) is 0 Å². The molecular weight excluding hydrogens is 340 g/mol. The Bertz CT molecular complexity index is 950. The van der Waals surface area contributed by atoms with Gasteiger partial charge in [0.05, 0.1) is 6.21 Å². The Kier molecular flexibility index (Phi) is 5.94. The van der Waals surface area contributed by atoms with Gasteiger partial charge in [-0.25, -0.2) is 5.43 Å². The van der Waals surface area contributed by atoms with Gasteiger partial charge in [0.2, 0.25) is 5.95 Å². The first kappa shape index (κ1) is 18.3. The van der Waals surface area contributed by atoms with Crippen molar-refractivity contribution in [3.05, 3.63) is 81.8 Å². The minimum atomic E-state index is -0.287. The number of rotatable bonds is 7. The number of aryl methyl sites for hydroxylation is 1. The molecule has 3 rings (SSSR count). The summed E-state index contributed by atoms with van der Waals surface area (Å²) in [6, 6.07) is 18.5. The Morgan fingerprint density at radius 2 is 1.85 bits per heavy atom. The first-order valence-corrected chi connectivity index (χ1v) is 8.77. The Hall–Kier alpha value is -3.48. The summed E-state index contributed by atoms with van der Waals surface area (Å²) >= 11 is 0. The molecule has 1 heterocycles. The summed E-state index contributed by atoms with van der Waals surface area (Å²) < 4.78 is 0. The molecular formula is C20H22N6O. The second kappa shape index (κ2) is 8.75. The predicted molar refractivity (Wildman–Crippen MR) is 108 cm³/mol. The molecule has 2 N–H and O–H groups in total. The number of aromatic nitrogens is 3. The van der Waals surface area contributed by atoms with E-state index in [-0.39, 0.29) is 11.5 Å². The molecule has 0 fully saturated rings. The molecule has 1 aromatic heterocycles. The summed E-state index contributed by atoms with van der Waals surface area (Å²) in [7, 11) is 0. The number of aromatic amines is 1. The van der Waals surface area contributed by atoms with Crippen LogP contribution in [-0.4, -0.2) is 27.9 Å². The van der Waals surface area contributed by atoms with Crippen LogP contribution in [0.4, 0.5) is 11.6 Å². The van der Waals surface area contributed by atoms with Gasteiger partial charge in [-0.1, -0.05) is 42.5 Å². The maximum Gasteiger partial charge on any atom is 0.274 e. The number of nitrogens with zero attached hydrogens (tertiary/aromatic N) is 4. The number of anilines is 2. The molecule has 7 heteroatoms. The number of nitrogens with one attached hydrogen (secondary N) is 2. The van der Waals surface area contributed by atoms with Crippen LogP contribution < -0.4 is 15.9 Å². The topological polar surface area (TPSA) is 86.3 Å². The molecule has 0 amide bonds. The molecule has 138 valence electrons. The van der Waals surface area contributed by atoms with Gasteiger partial charge in [-0.2, -0.15) is 5.10 Å². The molecule has 0 bridgehead atoms. The zero-order chi connectivity index (χ0) is 19.1. The molecule has 2 aromatic carbocycles. The smallest absolute Gasteiger partial charge is 0.274 e. The summed E-state index contributed by atoms with van der Waals surface area (Å²) in [5.74, 6) is 0.207. The van der Waals surface area contributed by atoms with Crippen molar-refractivity contribution in [2.75, 3.05) is 16.9 Å². The summed E-state index contributed by atoms with van der Waals surface area (Å²) in [6.07, 6.45) is 1.66. The highest BCUT2D eigenvalue weighted by molar-refractivity contribution is 5.80. The lowest BCUT2D eigenvalue weighted by Gasteiger charge is -2.23. The van der Waals surface area contributed by atoms with Gasteiger partial charge in [0.25, 0.3) is 5.56 Å². The Morgan fingerprint density at radius 3 is 2.52 bits per heavy atom. The van der Waals surface area contributed by atoms with Crippen molar-refractivity contribution < 1.29 is 0 Å². The Morgan fingerprint density at radius 1 is 1.11 bits per heavy atom. The normalized spacial score (nSPS) is 10.9. The van der Waals surface area contributed by atoms with Gasteiger partial charge in [0.1, 0.15) is 5.69 Å². The zero-order valence-corrected chi connectivity index (χ0v) is 15.4. The first-order chi connectivity index (χ1) is 13.2. The Labute approximate surface area is 157 Å². The largest absolute Gasteiger partial charge is 0.367 e. The molecule has 27 heavy (non-hydrogen) atoms. The van der Waals surface area contributed by atoms with Crippen molar-refractivity contribution >= 4 is 17.9 Å². The molecule has 0 radical (unpaired) electrons. The van der Waals surface area contributed by atoms with E-state index in [1.165, 1.54) is 5.56 Å². The molecule has 0 unspecified atom stereocenters. The zero-order valence-electron chi connectivity index (χ0n) is 15.4. The van der Waals surface area contributed by atoms with E-state index in [0.717, 1.165) is 24.3 Å². The second-order valence-electron chi connectivity index (χ2n) is 6.05. The average Bonchev–Trinajstić information content (AvgIpc) is 2.70. The molecule has 0 aliphatic rings. The summed E-state index contributed by atoms with van der Waals surface area (Å²) in [6.45, 7) is 5.53. The Balaban J connectivity index is 1.63. The van der Waals surface area contributed by atoms with Crippen LogP contribution in [0.2, 0.25) is 0 Å². The van der Waals surface area contributed by atoms with E-state index in [1.807, 2.05) is 18.2 Å². The van der Waals surface area contributed by atoms with Crippen molar-refractivity contribution in [2.24, 2.45) is 5.10 Å². The lowest BCUT2D eigenvalue weighted by atomic mass is 10.1. The summed E-state index contributed by atoms with van der Waals surface area (Å²) in [5, 5.41) is 11.6. The van der Waals surface area contributed by atoms with E-state index >= 15 is 0 Å². The molecule has 7 nitrogen and oxygen atoms in total. The summed E-state index contributed by atoms with van der Waals surface area (Å²) in [4.78, 5) is 16.3. The molecule has 0 saturated heterocycles. The molecule has 0 aliphatic carbocycles. The van der Waals surface area contributed by atoms with Crippen molar-refractivity contribution in [3.8, 4) is 0 Å². The van der Waals surface area contributed by atoms with Gasteiger partial charge in [0, 0.05) is 18.8 Å². The first-order valence-electron chi connectivity index (χ1n) is 8.77. The lowest BCUT2D eigenvalue weighted by Crippen LogP contribution is -2.21. The number of benzene rings is 2. The van der Waals surface area contributed by atoms with Crippen molar-refractivity contribution in [1.82, 2.24) is 15.2 Å². The second-order valence-corrected chi connectivity index (χ2v) is 6.05. The van der Waals surface area contributed by atoms with Crippen molar-refractivity contribution in [1.29, 1.82) is 0 Å². The van der Waals surface area contributed by atoms with Gasteiger partial charge >= 0.3 is 0 Å². The van der Waals surface area contributed by atoms with Gasteiger partial charge in [-0.05, 0) is 37.1 Å². The predicted octanol–water partition coefficient (Wildman–Crippen LogP) is 2.95. The van der Waals surface area contributed by atoms with Crippen LogP contribution in [0.3, 0.4) is 0 Å². The maximum absolute atomic E-state index is 11.5. The number of H-pyrrole nitrogens is 1. The van der Waals surface area contributed by atoms with E-state index in [0.29, 0.717) is 5.69 Å². The minimum absolute atomic E-state index is 0.207. The van der Waals surface area contributed by atoms with Crippen molar-refractivity contribution in [3.63, 3.8) is 0 Å². The SMILES string of the molecule is CCN(Cc1ccccc1)c1ccc(/C=N/Nc2nnc(C)c(=O)[nH]2)cc1. The van der Waals surface area contributed by atoms with Crippen LogP contribution in [0.1, 0.15) is 23.7 Å². The van der Waals surface area contributed by atoms with Crippen LogP contribution in [0.15, 0.2) is 64.5 Å². The van der Waals surface area contributed by atoms with Gasteiger partial charge in [-0.15, -0.1) is 10.2 Å². The standard InChI is InChI=1S/C20H22N6O/c1-3-26(14-17-7-5-4-6-8-17)18-11-9-16(10-12-18)13-21-24-20-22-19(27)15(2)23-25-20/h4-13H,3,14H2,1-2H3,(H2,22,24,25,27)/b21-13+. The van der Waals surface area contributed by atoms with Crippen molar-refractivity contribution in [2.45, 2.75) is 20.4 Å². The minimum Gasteiger partial charge on any atom is -0.367 e. The average molecular weight is 362 g/mol. The van der Waals surface area contributed by atoms with Gasteiger partial charge in [-0.3, -0.25) is 9.78 Å². The highest BCUT2D eigenvalue weighted by Crippen LogP contribution is 2.17. The number of hydrogen-bond acceptors (Lipinski definition) is 6. The van der Waals surface area contributed by atoms with Crippen LogP contribution in [0.25, 0.3) is 0 Å². The quantitative estimate of drug-likeness (QED) is 0.498. The van der Waals surface area contributed by atoms with Crippen LogP contribution in [-0.2, 0) is 6.54 Å². The van der Waals surface area contributed by atoms with E-state index < -0.39 is 0 Å². The van der Waals surface area contributed by atoms with E-state index in [4.69, 9.17) is 0 Å². The van der Waals surface area contributed by atoms with E-state index in [2.05, 4.69) is 73.9 Å². The number of hydrogen-bond donors (Lipinski definition) is 2. The van der Waals surface area contributed by atoms with Gasteiger partial charge in [0.15, 0.2) is 0 Å². The van der Waals surface area contributed by atoms with E-state index in [9.17, 15) is 4.79 Å². The monoisotopic (exact) mass is 362 g/mol. The molecule has 3 aromatic rings. The third-order valence-electron chi connectivity index (χ3n) is 4.10. The molecule has 0 atom stereocenters. The third kappa shape index (κ3) is 5.01. The summed E-state index contributed by atoms with van der Waals surface area (Å²) in [5.41, 5.74) is 6.07. The molecule has 0 spiro atoms. The molecule has 0 aliphatic heterocycles. The number of hydrazone groups is 1. The van der Waals surface area contributed by atoms with Gasteiger partial charge < -0.3 is 4.90 Å². The fourth-order valence-electron chi connectivity index (χ4n) is 2.57. The lowest BCUT2D eigenvalue weighted by molar-refractivity contribution is 0.832. The fraction of sp³-hybridized carbons (Fsp3) is 0.200. The highest BCUT2D eigenvalue weighted by Gasteiger charge is 2.05. The van der Waals surface area contributed by atoms with Crippen LogP contribution >= 0.6 is 0 Å². The third-order valence-corrected chi connectivity index (χ3v) is 4.10. The van der Waals surface area contributed by atoms with E-state index in [1.54, 1.807) is 13.1 Å². The fourth-order valence-corrected chi connectivity index (χ4v) is 2.57. The highest BCUT2D eigenvalue weighted by atomic mass is 16.1. The molecule has 0 saturated carbocycles.